The first-order chi connectivity index (χ1) is 8.75. The van der Waals surface area contributed by atoms with Gasteiger partial charge in [-0.15, -0.1) is 0 Å². The largest absolute Gasteiger partial charge is 0.390 e. The topological polar surface area (TPSA) is 61.8 Å². The lowest BCUT2D eigenvalue weighted by atomic mass is 10.1. The maximum absolute atomic E-state index is 11.7. The number of carbonyl (C=O) groups excluding carboxylic acids is 1. The Bertz CT molecular complexity index is 293. The Hall–Kier alpha value is -0.910. The quantitative estimate of drug-likeness (QED) is 0.665. The average molecular weight is 254 g/mol. The Kier molecular flexibility index (Phi) is 5.16. The number of nitrogens with one attached hydrogen (secondary N) is 1. The number of β-amino-alcohol motifs (C(OH)–C–C–N with tert-alkyl or cyclic N) is 1. The minimum Gasteiger partial charge on any atom is -0.390 e. The number of morpholine rings is 1. The molecule has 5 nitrogen and oxygen atoms in total. The molecule has 1 saturated heterocycles. The highest BCUT2D eigenvalue weighted by Gasteiger charge is 2.20. The molecule has 0 radical (unpaired) electrons. The normalized spacial score (nSPS) is 23.2. The van der Waals surface area contributed by atoms with Crippen LogP contribution in [0.5, 0.6) is 0 Å². The number of rotatable bonds is 5. The second-order valence-corrected chi connectivity index (χ2v) is 4.95. The molecule has 0 aromatic carbocycles. The van der Waals surface area contributed by atoms with Crippen LogP contribution in [0.4, 0.5) is 0 Å². The molecule has 2 aliphatic rings. The van der Waals surface area contributed by atoms with Crippen LogP contribution < -0.4 is 5.32 Å². The van der Waals surface area contributed by atoms with Crippen molar-refractivity contribution in [1.82, 2.24) is 10.2 Å². The van der Waals surface area contributed by atoms with Crippen LogP contribution in [0, 0.1) is 5.92 Å². The smallest absolute Gasteiger partial charge is 0.223 e. The maximum atomic E-state index is 11.7. The molecule has 1 aliphatic heterocycles. The van der Waals surface area contributed by atoms with Gasteiger partial charge in [0.15, 0.2) is 0 Å². The third-order valence-corrected chi connectivity index (χ3v) is 3.46. The fourth-order valence-electron chi connectivity index (χ4n) is 2.34. The van der Waals surface area contributed by atoms with Crippen LogP contribution in [0.15, 0.2) is 12.2 Å². The predicted octanol–water partition coefficient (Wildman–Crippen LogP) is -0.238. The lowest BCUT2D eigenvalue weighted by Gasteiger charge is -2.28. The number of amides is 1. The van der Waals surface area contributed by atoms with Crippen molar-refractivity contribution in [3.63, 3.8) is 0 Å². The van der Waals surface area contributed by atoms with Crippen LogP contribution >= 0.6 is 0 Å². The van der Waals surface area contributed by atoms with Gasteiger partial charge in [-0.25, -0.2) is 0 Å². The minimum atomic E-state index is -0.499. The van der Waals surface area contributed by atoms with Crippen molar-refractivity contribution in [2.45, 2.75) is 18.9 Å². The van der Waals surface area contributed by atoms with Gasteiger partial charge in [0.1, 0.15) is 0 Å². The lowest BCUT2D eigenvalue weighted by molar-refractivity contribution is -0.125. The number of aliphatic hydroxyl groups excluding tert-OH is 1. The Morgan fingerprint density at radius 3 is 2.72 bits per heavy atom. The van der Waals surface area contributed by atoms with Gasteiger partial charge in [-0.2, -0.15) is 0 Å². The number of allylic oxidation sites excluding steroid dienone is 2. The van der Waals surface area contributed by atoms with Crippen molar-refractivity contribution in [3.8, 4) is 0 Å². The summed E-state index contributed by atoms with van der Waals surface area (Å²) in [7, 11) is 0. The van der Waals surface area contributed by atoms with E-state index in [9.17, 15) is 9.90 Å². The Balaban J connectivity index is 1.61. The van der Waals surface area contributed by atoms with E-state index in [1.54, 1.807) is 0 Å². The van der Waals surface area contributed by atoms with E-state index < -0.39 is 6.10 Å². The van der Waals surface area contributed by atoms with Crippen molar-refractivity contribution in [3.05, 3.63) is 12.2 Å². The molecule has 1 unspecified atom stereocenters. The Labute approximate surface area is 108 Å². The van der Waals surface area contributed by atoms with E-state index in [4.69, 9.17) is 4.74 Å². The minimum absolute atomic E-state index is 0.0565. The molecular weight excluding hydrogens is 232 g/mol. The highest BCUT2D eigenvalue weighted by Crippen LogP contribution is 2.17. The molecule has 0 bridgehead atoms. The molecule has 1 heterocycles. The number of aliphatic hydroxyl groups is 1. The van der Waals surface area contributed by atoms with Crippen molar-refractivity contribution in [1.29, 1.82) is 0 Å². The van der Waals surface area contributed by atoms with E-state index in [0.717, 1.165) is 39.1 Å². The molecule has 0 aromatic heterocycles. The molecule has 102 valence electrons. The lowest BCUT2D eigenvalue weighted by Crippen LogP contribution is -2.45. The third-order valence-electron chi connectivity index (χ3n) is 3.46. The van der Waals surface area contributed by atoms with Gasteiger partial charge >= 0.3 is 0 Å². The van der Waals surface area contributed by atoms with Crippen LogP contribution in [0.1, 0.15) is 12.8 Å². The molecule has 18 heavy (non-hydrogen) atoms. The number of carbonyl (C=O) groups is 1. The first-order valence-electron chi connectivity index (χ1n) is 6.66. The molecule has 1 atom stereocenters. The summed E-state index contributed by atoms with van der Waals surface area (Å²) < 4.78 is 5.25. The highest BCUT2D eigenvalue weighted by molar-refractivity contribution is 5.79. The van der Waals surface area contributed by atoms with E-state index in [1.165, 1.54) is 0 Å². The first kappa shape index (κ1) is 13.5. The summed E-state index contributed by atoms with van der Waals surface area (Å²) in [4.78, 5) is 13.9. The van der Waals surface area contributed by atoms with Gasteiger partial charge in [0.25, 0.3) is 0 Å². The fourth-order valence-corrected chi connectivity index (χ4v) is 2.34. The van der Waals surface area contributed by atoms with Gasteiger partial charge in [-0.3, -0.25) is 9.69 Å². The monoisotopic (exact) mass is 254 g/mol. The van der Waals surface area contributed by atoms with Crippen molar-refractivity contribution in [2.75, 3.05) is 39.4 Å². The van der Waals surface area contributed by atoms with Gasteiger partial charge in [0, 0.05) is 32.1 Å². The van der Waals surface area contributed by atoms with Crippen LogP contribution in [-0.4, -0.2) is 61.4 Å². The zero-order valence-corrected chi connectivity index (χ0v) is 10.7. The summed E-state index contributed by atoms with van der Waals surface area (Å²) in [6, 6.07) is 0. The molecule has 1 aliphatic carbocycles. The summed E-state index contributed by atoms with van der Waals surface area (Å²) in [5, 5.41) is 12.7. The summed E-state index contributed by atoms with van der Waals surface area (Å²) in [5.41, 5.74) is 0. The van der Waals surface area contributed by atoms with E-state index in [2.05, 4.69) is 10.2 Å². The molecule has 1 fully saturated rings. The molecule has 0 saturated carbocycles. The average Bonchev–Trinajstić information content (AvgIpc) is 2.91. The predicted molar refractivity (Wildman–Crippen MR) is 68.1 cm³/mol. The van der Waals surface area contributed by atoms with E-state index in [1.807, 2.05) is 12.2 Å². The zero-order chi connectivity index (χ0) is 12.8. The first-order valence-corrected chi connectivity index (χ1v) is 6.66. The highest BCUT2D eigenvalue weighted by atomic mass is 16.5. The SMILES string of the molecule is O=C(NCC(O)CN1CCOCC1)C1CC=CC1. The molecule has 2 rings (SSSR count). The van der Waals surface area contributed by atoms with Gasteiger partial charge in [-0.1, -0.05) is 12.2 Å². The van der Waals surface area contributed by atoms with E-state index in [-0.39, 0.29) is 11.8 Å². The summed E-state index contributed by atoms with van der Waals surface area (Å²) in [6.45, 7) is 4.12. The summed E-state index contributed by atoms with van der Waals surface area (Å²) >= 11 is 0. The van der Waals surface area contributed by atoms with Crippen LogP contribution in [0.3, 0.4) is 0 Å². The van der Waals surface area contributed by atoms with Crippen molar-refractivity contribution >= 4 is 5.91 Å². The van der Waals surface area contributed by atoms with Gasteiger partial charge in [0.05, 0.1) is 19.3 Å². The molecule has 5 heteroatoms. The summed E-state index contributed by atoms with van der Waals surface area (Å²) in [6.07, 6.45) is 5.22. The zero-order valence-electron chi connectivity index (χ0n) is 10.7. The standard InChI is InChI=1S/C13H22N2O3/c16-12(10-15-5-7-18-8-6-15)9-14-13(17)11-3-1-2-4-11/h1-2,11-12,16H,3-10H2,(H,14,17). The summed E-state index contributed by atoms with van der Waals surface area (Å²) in [5.74, 6) is 0.126. The number of ether oxygens (including phenoxy) is 1. The molecular formula is C13H22N2O3. The Morgan fingerprint density at radius 1 is 1.39 bits per heavy atom. The maximum Gasteiger partial charge on any atom is 0.223 e. The van der Waals surface area contributed by atoms with Gasteiger partial charge in [-0.05, 0) is 12.8 Å². The molecule has 0 aromatic rings. The van der Waals surface area contributed by atoms with Crippen LogP contribution in [0.2, 0.25) is 0 Å². The van der Waals surface area contributed by atoms with Crippen molar-refractivity contribution < 1.29 is 14.6 Å². The number of hydrogen-bond donors (Lipinski definition) is 2. The molecule has 1 amide bonds. The number of hydrogen-bond acceptors (Lipinski definition) is 4. The second kappa shape index (κ2) is 6.87. The fraction of sp³-hybridized carbons (Fsp3) is 0.769. The van der Waals surface area contributed by atoms with Gasteiger partial charge in [0.2, 0.25) is 5.91 Å². The third kappa shape index (κ3) is 4.08. The molecule has 0 spiro atoms. The number of nitrogens with zero attached hydrogens (tertiary/aromatic N) is 1. The van der Waals surface area contributed by atoms with Gasteiger partial charge < -0.3 is 15.2 Å². The Morgan fingerprint density at radius 2 is 2.06 bits per heavy atom. The van der Waals surface area contributed by atoms with E-state index >= 15 is 0 Å². The van der Waals surface area contributed by atoms with Crippen molar-refractivity contribution in [2.24, 2.45) is 5.92 Å². The second-order valence-electron chi connectivity index (χ2n) is 4.95. The van der Waals surface area contributed by atoms with Crippen LogP contribution in [0.25, 0.3) is 0 Å². The molecule has 2 N–H and O–H groups in total. The van der Waals surface area contributed by atoms with Crippen LogP contribution in [-0.2, 0) is 9.53 Å². The van der Waals surface area contributed by atoms with E-state index in [0.29, 0.717) is 13.1 Å².